The number of carboxylic acids is 1. The fourth-order valence-corrected chi connectivity index (χ4v) is 2.75. The van der Waals surface area contributed by atoms with Crippen LogP contribution in [0.5, 0.6) is 0 Å². The van der Waals surface area contributed by atoms with E-state index in [4.69, 9.17) is 0 Å². The van der Waals surface area contributed by atoms with E-state index in [0.717, 1.165) is 0 Å². The molecule has 2 heterocycles. The third-order valence-electron chi connectivity index (χ3n) is 3.84. The average Bonchev–Trinajstić information content (AvgIpc) is 2.86. The number of aryl methyl sites for hydroxylation is 2. The lowest BCUT2D eigenvalue weighted by atomic mass is 10.0. The smallest absolute Gasteiger partial charge is 0.312 e. The third-order valence-corrected chi connectivity index (χ3v) is 3.84. The molecular weight excluding hydrogens is 282 g/mol. The third kappa shape index (κ3) is 2.22. The molecule has 0 saturated carbocycles. The van der Waals surface area contributed by atoms with Crippen LogP contribution in [0.4, 0.5) is 5.69 Å². The number of para-hydroxylation sites is 1. The number of hydrogen-bond donors (Lipinski definition) is 1. The maximum absolute atomic E-state index is 12.8. The summed E-state index contributed by atoms with van der Waals surface area (Å²) in [4.78, 5) is 33.9. The van der Waals surface area contributed by atoms with Gasteiger partial charge in [0.15, 0.2) is 0 Å². The maximum Gasteiger partial charge on any atom is 0.312 e. The molecule has 0 saturated heterocycles. The minimum atomic E-state index is -0.931. The van der Waals surface area contributed by atoms with E-state index in [2.05, 4.69) is 9.97 Å². The van der Waals surface area contributed by atoms with Gasteiger partial charge in [0.1, 0.15) is 11.7 Å². The van der Waals surface area contributed by atoms with Crippen molar-refractivity contribution in [3.05, 3.63) is 53.1 Å². The molecule has 0 fully saturated rings. The summed E-state index contributed by atoms with van der Waals surface area (Å²) in [5.74, 6) is -1.31. The largest absolute Gasteiger partial charge is 0.481 e. The second kappa shape index (κ2) is 5.22. The van der Waals surface area contributed by atoms with Crippen LogP contribution in [0.15, 0.2) is 30.5 Å². The SMILES string of the molecule is Cc1ncc(C(=O)N2C[C@H](C(=O)O)c3ccccc32)c(C)n1. The van der Waals surface area contributed by atoms with Crippen molar-refractivity contribution in [2.24, 2.45) is 0 Å². The lowest BCUT2D eigenvalue weighted by Gasteiger charge is -2.18. The Kier molecular flexibility index (Phi) is 3.36. The van der Waals surface area contributed by atoms with E-state index in [1.807, 2.05) is 0 Å². The normalized spacial score (nSPS) is 16.5. The van der Waals surface area contributed by atoms with Crippen LogP contribution in [0, 0.1) is 13.8 Å². The van der Waals surface area contributed by atoms with Crippen molar-refractivity contribution in [1.29, 1.82) is 0 Å². The lowest BCUT2D eigenvalue weighted by Crippen LogP contribution is -2.32. The van der Waals surface area contributed by atoms with Crippen LogP contribution in [0.3, 0.4) is 0 Å². The monoisotopic (exact) mass is 297 g/mol. The van der Waals surface area contributed by atoms with E-state index in [-0.39, 0.29) is 12.5 Å². The second-order valence-corrected chi connectivity index (χ2v) is 5.28. The molecule has 3 rings (SSSR count). The number of nitrogens with zero attached hydrogens (tertiary/aromatic N) is 3. The van der Waals surface area contributed by atoms with Gasteiger partial charge < -0.3 is 10.0 Å². The number of anilines is 1. The Morgan fingerprint density at radius 1 is 1.27 bits per heavy atom. The average molecular weight is 297 g/mol. The van der Waals surface area contributed by atoms with Gasteiger partial charge in [-0.2, -0.15) is 0 Å². The molecule has 0 spiro atoms. The zero-order valence-corrected chi connectivity index (χ0v) is 12.3. The summed E-state index contributed by atoms with van der Waals surface area (Å²) in [6.07, 6.45) is 1.50. The Morgan fingerprint density at radius 2 is 2.00 bits per heavy atom. The van der Waals surface area contributed by atoms with Gasteiger partial charge in [0.2, 0.25) is 0 Å². The van der Waals surface area contributed by atoms with Crippen LogP contribution in [0.25, 0.3) is 0 Å². The zero-order valence-electron chi connectivity index (χ0n) is 12.3. The Labute approximate surface area is 127 Å². The first kappa shape index (κ1) is 14.2. The van der Waals surface area contributed by atoms with Crippen LogP contribution < -0.4 is 4.90 Å². The number of hydrogen-bond acceptors (Lipinski definition) is 4. The summed E-state index contributed by atoms with van der Waals surface area (Å²) in [5, 5.41) is 9.36. The molecular formula is C16H15N3O3. The first-order chi connectivity index (χ1) is 10.5. The first-order valence-corrected chi connectivity index (χ1v) is 6.93. The number of aromatic nitrogens is 2. The molecule has 1 aromatic carbocycles. The predicted octanol–water partition coefficient (Wildman–Crippen LogP) is 1.92. The number of carbonyl (C=O) groups is 2. The van der Waals surface area contributed by atoms with Crippen LogP contribution >= 0.6 is 0 Å². The van der Waals surface area contributed by atoms with Crippen molar-refractivity contribution < 1.29 is 14.7 Å². The van der Waals surface area contributed by atoms with E-state index >= 15 is 0 Å². The van der Waals surface area contributed by atoms with Gasteiger partial charge in [-0.3, -0.25) is 9.59 Å². The molecule has 1 aromatic heterocycles. The Morgan fingerprint density at radius 3 is 2.68 bits per heavy atom. The highest BCUT2D eigenvalue weighted by molar-refractivity contribution is 6.09. The molecule has 1 atom stereocenters. The van der Waals surface area contributed by atoms with Crippen molar-refractivity contribution in [3.63, 3.8) is 0 Å². The molecule has 22 heavy (non-hydrogen) atoms. The van der Waals surface area contributed by atoms with Gasteiger partial charge in [0.05, 0.1) is 11.3 Å². The van der Waals surface area contributed by atoms with Crippen LogP contribution in [0.2, 0.25) is 0 Å². The number of amides is 1. The summed E-state index contributed by atoms with van der Waals surface area (Å²) in [6.45, 7) is 3.63. The van der Waals surface area contributed by atoms with E-state index in [0.29, 0.717) is 28.3 Å². The minimum absolute atomic E-state index is 0.126. The maximum atomic E-state index is 12.8. The number of fused-ring (bicyclic) bond motifs is 1. The minimum Gasteiger partial charge on any atom is -0.481 e. The molecule has 112 valence electrons. The molecule has 0 radical (unpaired) electrons. The molecule has 2 aromatic rings. The van der Waals surface area contributed by atoms with E-state index in [9.17, 15) is 14.7 Å². The molecule has 6 heteroatoms. The summed E-state index contributed by atoms with van der Waals surface area (Å²) in [6, 6.07) is 7.09. The topological polar surface area (TPSA) is 83.4 Å². The quantitative estimate of drug-likeness (QED) is 0.915. The van der Waals surface area contributed by atoms with Gasteiger partial charge in [-0.1, -0.05) is 18.2 Å². The standard InChI is InChI=1S/C16H15N3O3/c1-9-12(7-17-10(2)18-9)15(20)19-8-13(16(21)22)11-5-3-4-6-14(11)19/h3-7,13H,8H2,1-2H3,(H,21,22)/t13-/m0/s1. The molecule has 0 unspecified atom stereocenters. The number of benzene rings is 1. The van der Waals surface area contributed by atoms with Gasteiger partial charge in [-0.25, -0.2) is 9.97 Å². The number of carbonyl (C=O) groups excluding carboxylic acids is 1. The lowest BCUT2D eigenvalue weighted by molar-refractivity contribution is -0.138. The van der Waals surface area contributed by atoms with Gasteiger partial charge in [-0.05, 0) is 25.5 Å². The van der Waals surface area contributed by atoms with Gasteiger partial charge in [0, 0.05) is 18.4 Å². The highest BCUT2D eigenvalue weighted by atomic mass is 16.4. The van der Waals surface area contributed by atoms with Gasteiger partial charge >= 0.3 is 5.97 Å². The van der Waals surface area contributed by atoms with Crippen molar-refractivity contribution in [2.75, 3.05) is 11.4 Å². The number of aliphatic carboxylic acids is 1. The van der Waals surface area contributed by atoms with Gasteiger partial charge in [-0.15, -0.1) is 0 Å². The summed E-state index contributed by atoms with van der Waals surface area (Å²) < 4.78 is 0. The first-order valence-electron chi connectivity index (χ1n) is 6.93. The predicted molar refractivity (Wildman–Crippen MR) is 80.0 cm³/mol. The van der Waals surface area contributed by atoms with Crippen molar-refractivity contribution in [1.82, 2.24) is 9.97 Å². The number of carboxylic acid groups (broad SMARTS) is 1. The molecule has 0 bridgehead atoms. The van der Waals surface area contributed by atoms with Crippen LogP contribution in [-0.4, -0.2) is 33.5 Å². The summed E-state index contributed by atoms with van der Waals surface area (Å²) in [5.41, 5.74) is 2.29. The molecule has 0 aliphatic carbocycles. The molecule has 1 aliphatic heterocycles. The zero-order chi connectivity index (χ0) is 15.9. The number of rotatable bonds is 2. The summed E-state index contributed by atoms with van der Waals surface area (Å²) >= 11 is 0. The molecule has 1 aliphatic rings. The summed E-state index contributed by atoms with van der Waals surface area (Å²) in [7, 11) is 0. The van der Waals surface area contributed by atoms with E-state index in [1.54, 1.807) is 38.1 Å². The molecule has 1 amide bonds. The fourth-order valence-electron chi connectivity index (χ4n) is 2.75. The van der Waals surface area contributed by atoms with Crippen molar-refractivity contribution in [3.8, 4) is 0 Å². The Balaban J connectivity index is 2.02. The molecule has 6 nitrogen and oxygen atoms in total. The highest BCUT2D eigenvalue weighted by Crippen LogP contribution is 2.37. The second-order valence-electron chi connectivity index (χ2n) is 5.28. The fraction of sp³-hybridized carbons (Fsp3) is 0.250. The molecule has 1 N–H and O–H groups in total. The van der Waals surface area contributed by atoms with Crippen molar-refractivity contribution in [2.45, 2.75) is 19.8 Å². The Hall–Kier alpha value is -2.76. The van der Waals surface area contributed by atoms with Crippen molar-refractivity contribution >= 4 is 17.6 Å². The van der Waals surface area contributed by atoms with Gasteiger partial charge in [0.25, 0.3) is 5.91 Å². The van der Waals surface area contributed by atoms with E-state index in [1.165, 1.54) is 11.1 Å². The Bertz CT molecular complexity index is 773. The van der Waals surface area contributed by atoms with Crippen LogP contribution in [-0.2, 0) is 4.79 Å². The van der Waals surface area contributed by atoms with E-state index < -0.39 is 11.9 Å². The van der Waals surface area contributed by atoms with Crippen LogP contribution in [0.1, 0.15) is 33.4 Å². The highest BCUT2D eigenvalue weighted by Gasteiger charge is 2.37.